The van der Waals surface area contributed by atoms with Gasteiger partial charge < -0.3 is 10.6 Å². The van der Waals surface area contributed by atoms with Crippen molar-refractivity contribution in [2.24, 2.45) is 0 Å². The van der Waals surface area contributed by atoms with E-state index in [9.17, 15) is 4.79 Å². The van der Waals surface area contributed by atoms with Crippen LogP contribution in [0.3, 0.4) is 0 Å². The molecule has 16 heavy (non-hydrogen) atoms. The monoisotopic (exact) mass is 240 g/mol. The lowest BCUT2D eigenvalue weighted by atomic mass is 10.2. The maximum atomic E-state index is 11.6. The van der Waals surface area contributed by atoms with E-state index in [1.807, 2.05) is 0 Å². The number of hydrogen-bond acceptors (Lipinski definition) is 2. The fourth-order valence-corrected chi connectivity index (χ4v) is 1.37. The average molecular weight is 241 g/mol. The molecular weight excluding hydrogens is 224 g/mol. The Morgan fingerprint density at radius 3 is 2.44 bits per heavy atom. The lowest BCUT2D eigenvalue weighted by Gasteiger charge is -2.09. The summed E-state index contributed by atoms with van der Waals surface area (Å²) in [6, 6.07) is 7.29. The van der Waals surface area contributed by atoms with Gasteiger partial charge in [0.15, 0.2) is 0 Å². The van der Waals surface area contributed by atoms with Gasteiger partial charge in [0.05, 0.1) is 0 Å². The topological polar surface area (TPSA) is 41.1 Å². The van der Waals surface area contributed by atoms with Gasteiger partial charge in [0.2, 0.25) is 0 Å². The van der Waals surface area contributed by atoms with E-state index in [1.165, 1.54) is 0 Å². The smallest absolute Gasteiger partial charge is 0.251 e. The number of benzene rings is 1. The first-order valence-electron chi connectivity index (χ1n) is 5.36. The zero-order valence-corrected chi connectivity index (χ0v) is 10.3. The third-order valence-corrected chi connectivity index (χ3v) is 2.32. The molecule has 1 aromatic carbocycles. The van der Waals surface area contributed by atoms with Crippen LogP contribution in [0, 0.1) is 0 Å². The van der Waals surface area contributed by atoms with Crippen LogP contribution in [0.15, 0.2) is 24.3 Å². The second-order valence-electron chi connectivity index (χ2n) is 3.87. The zero-order valence-electron chi connectivity index (χ0n) is 9.59. The van der Waals surface area contributed by atoms with Crippen LogP contribution in [-0.2, 0) is 0 Å². The molecule has 0 fully saturated rings. The van der Waals surface area contributed by atoms with E-state index >= 15 is 0 Å². The van der Waals surface area contributed by atoms with Gasteiger partial charge in [-0.25, -0.2) is 0 Å². The first-order valence-corrected chi connectivity index (χ1v) is 5.74. The summed E-state index contributed by atoms with van der Waals surface area (Å²) in [6.07, 6.45) is 0. The summed E-state index contributed by atoms with van der Waals surface area (Å²) in [4.78, 5) is 11.6. The second-order valence-corrected chi connectivity index (χ2v) is 4.31. The van der Waals surface area contributed by atoms with E-state index < -0.39 is 0 Å². The molecule has 1 amide bonds. The van der Waals surface area contributed by atoms with Crippen molar-refractivity contribution in [3.8, 4) is 0 Å². The van der Waals surface area contributed by atoms with Crippen LogP contribution in [0.25, 0.3) is 0 Å². The van der Waals surface area contributed by atoms with Crippen molar-refractivity contribution in [1.29, 1.82) is 0 Å². The summed E-state index contributed by atoms with van der Waals surface area (Å²) in [5.74, 6) is -0.0674. The summed E-state index contributed by atoms with van der Waals surface area (Å²) < 4.78 is 0. The van der Waals surface area contributed by atoms with E-state index in [0.717, 1.165) is 6.54 Å². The summed E-state index contributed by atoms with van der Waals surface area (Å²) in [5, 5.41) is 6.69. The molecule has 4 heteroatoms. The van der Waals surface area contributed by atoms with Crippen LogP contribution >= 0.6 is 11.6 Å². The molecule has 0 aliphatic heterocycles. The van der Waals surface area contributed by atoms with E-state index in [-0.39, 0.29) is 5.91 Å². The molecule has 3 nitrogen and oxygen atoms in total. The molecule has 88 valence electrons. The van der Waals surface area contributed by atoms with Crippen LogP contribution in [-0.4, -0.2) is 25.0 Å². The largest absolute Gasteiger partial charge is 0.351 e. The summed E-state index contributed by atoms with van der Waals surface area (Å²) in [7, 11) is 0. The fraction of sp³-hybridized carbons (Fsp3) is 0.417. The lowest BCUT2D eigenvalue weighted by molar-refractivity contribution is 0.0953. The van der Waals surface area contributed by atoms with Crippen LogP contribution in [0.1, 0.15) is 24.2 Å². The predicted octanol–water partition coefficient (Wildman–Crippen LogP) is 2.07. The van der Waals surface area contributed by atoms with Gasteiger partial charge in [-0.1, -0.05) is 25.4 Å². The third-order valence-electron chi connectivity index (χ3n) is 2.07. The average Bonchev–Trinajstić information content (AvgIpc) is 2.25. The Hall–Kier alpha value is -1.06. The molecule has 0 radical (unpaired) electrons. The minimum atomic E-state index is -0.0674. The van der Waals surface area contributed by atoms with Crippen molar-refractivity contribution >= 4 is 17.5 Å². The molecule has 0 aliphatic carbocycles. The Labute approximate surface area is 101 Å². The van der Waals surface area contributed by atoms with Crippen LogP contribution in [0.2, 0.25) is 5.02 Å². The van der Waals surface area contributed by atoms with Gasteiger partial charge in [-0.2, -0.15) is 0 Å². The number of hydrogen-bond donors (Lipinski definition) is 2. The predicted molar refractivity (Wildman–Crippen MR) is 66.9 cm³/mol. The minimum Gasteiger partial charge on any atom is -0.351 e. The first-order chi connectivity index (χ1) is 7.59. The molecule has 1 rings (SSSR count). The van der Waals surface area contributed by atoms with Crippen molar-refractivity contribution in [2.45, 2.75) is 19.9 Å². The molecule has 0 unspecified atom stereocenters. The van der Waals surface area contributed by atoms with E-state index in [2.05, 4.69) is 24.5 Å². The van der Waals surface area contributed by atoms with Gasteiger partial charge in [-0.15, -0.1) is 0 Å². The zero-order chi connectivity index (χ0) is 12.0. The van der Waals surface area contributed by atoms with Gasteiger partial charge in [0.25, 0.3) is 5.91 Å². The SMILES string of the molecule is CC(C)NCCNC(=O)c1ccc(Cl)cc1. The van der Waals surface area contributed by atoms with Crippen LogP contribution in [0.4, 0.5) is 0 Å². The molecule has 0 spiro atoms. The van der Waals surface area contributed by atoms with E-state index in [0.29, 0.717) is 23.2 Å². The number of carbonyl (C=O) groups is 1. The highest BCUT2D eigenvalue weighted by Crippen LogP contribution is 2.08. The Morgan fingerprint density at radius 2 is 1.88 bits per heavy atom. The van der Waals surface area contributed by atoms with Crippen molar-refractivity contribution in [1.82, 2.24) is 10.6 Å². The minimum absolute atomic E-state index is 0.0674. The standard InChI is InChI=1S/C12H17ClN2O/c1-9(2)14-7-8-15-12(16)10-3-5-11(13)6-4-10/h3-6,9,14H,7-8H2,1-2H3,(H,15,16). The van der Waals surface area contributed by atoms with Gasteiger partial charge in [-0.05, 0) is 24.3 Å². The normalized spacial score (nSPS) is 10.5. The highest BCUT2D eigenvalue weighted by Gasteiger charge is 2.03. The Kier molecular flexibility index (Phi) is 5.29. The molecule has 0 heterocycles. The second kappa shape index (κ2) is 6.51. The van der Waals surface area contributed by atoms with Crippen LogP contribution in [0.5, 0.6) is 0 Å². The number of carbonyl (C=O) groups excluding carboxylic acids is 1. The molecule has 2 N–H and O–H groups in total. The third kappa shape index (κ3) is 4.64. The molecule has 0 saturated carbocycles. The molecule has 0 atom stereocenters. The highest BCUT2D eigenvalue weighted by atomic mass is 35.5. The Morgan fingerprint density at radius 1 is 1.25 bits per heavy atom. The highest BCUT2D eigenvalue weighted by molar-refractivity contribution is 6.30. The maximum absolute atomic E-state index is 11.6. The van der Waals surface area contributed by atoms with E-state index in [1.54, 1.807) is 24.3 Å². The van der Waals surface area contributed by atoms with Crippen molar-refractivity contribution < 1.29 is 4.79 Å². The number of amides is 1. The molecule has 0 aromatic heterocycles. The molecule has 0 bridgehead atoms. The Bertz CT molecular complexity index is 335. The summed E-state index contributed by atoms with van der Waals surface area (Å²) >= 11 is 5.74. The molecular formula is C12H17ClN2O. The molecule has 0 aliphatic rings. The summed E-state index contributed by atoms with van der Waals surface area (Å²) in [5.41, 5.74) is 0.633. The van der Waals surface area contributed by atoms with Gasteiger partial charge in [0.1, 0.15) is 0 Å². The van der Waals surface area contributed by atoms with Gasteiger partial charge >= 0.3 is 0 Å². The van der Waals surface area contributed by atoms with Crippen LogP contribution < -0.4 is 10.6 Å². The lowest BCUT2D eigenvalue weighted by Crippen LogP contribution is -2.34. The molecule has 1 aromatic rings. The van der Waals surface area contributed by atoms with Crippen molar-refractivity contribution in [3.63, 3.8) is 0 Å². The summed E-state index contributed by atoms with van der Waals surface area (Å²) in [6.45, 7) is 5.54. The number of rotatable bonds is 5. The fourth-order valence-electron chi connectivity index (χ4n) is 1.24. The van der Waals surface area contributed by atoms with Crippen molar-refractivity contribution in [3.05, 3.63) is 34.9 Å². The first kappa shape index (κ1) is 13.0. The Balaban J connectivity index is 2.32. The number of nitrogens with one attached hydrogen (secondary N) is 2. The van der Waals surface area contributed by atoms with Crippen molar-refractivity contribution in [2.75, 3.05) is 13.1 Å². The van der Waals surface area contributed by atoms with Gasteiger partial charge in [0, 0.05) is 29.7 Å². The quantitative estimate of drug-likeness (QED) is 0.774. The molecule has 0 saturated heterocycles. The number of halogens is 1. The maximum Gasteiger partial charge on any atom is 0.251 e. The van der Waals surface area contributed by atoms with Gasteiger partial charge in [-0.3, -0.25) is 4.79 Å². The van der Waals surface area contributed by atoms with E-state index in [4.69, 9.17) is 11.6 Å².